The fourth-order valence-corrected chi connectivity index (χ4v) is 2.39. The number of nitrogens with one attached hydrogen (secondary N) is 1. The highest BCUT2D eigenvalue weighted by atomic mass is 35.5. The molecule has 2 N–H and O–H groups in total. The molecule has 0 amide bonds. The van der Waals surface area contributed by atoms with Crippen molar-refractivity contribution in [2.24, 2.45) is 0 Å². The SMILES string of the molecule is CCn1nnc2c(N[C@H](CO)c3ccccc3)nc(Cl)nc21. The monoisotopic (exact) mass is 318 g/mol. The molecule has 2 heterocycles. The first kappa shape index (κ1) is 14.7. The number of aliphatic hydroxyl groups is 1. The summed E-state index contributed by atoms with van der Waals surface area (Å²) in [5.41, 5.74) is 2.03. The van der Waals surface area contributed by atoms with E-state index in [0.29, 0.717) is 23.5 Å². The van der Waals surface area contributed by atoms with E-state index in [4.69, 9.17) is 11.6 Å². The van der Waals surface area contributed by atoms with E-state index in [-0.39, 0.29) is 17.9 Å². The number of fused-ring (bicyclic) bond motifs is 1. The van der Waals surface area contributed by atoms with Gasteiger partial charge >= 0.3 is 0 Å². The van der Waals surface area contributed by atoms with Crippen molar-refractivity contribution < 1.29 is 5.11 Å². The minimum Gasteiger partial charge on any atom is -0.394 e. The van der Waals surface area contributed by atoms with E-state index in [1.165, 1.54) is 0 Å². The third kappa shape index (κ3) is 2.72. The van der Waals surface area contributed by atoms with Crippen LogP contribution in [-0.2, 0) is 6.54 Å². The third-order valence-electron chi connectivity index (χ3n) is 3.33. The lowest BCUT2D eigenvalue weighted by Gasteiger charge is -2.17. The van der Waals surface area contributed by atoms with E-state index in [2.05, 4.69) is 25.6 Å². The summed E-state index contributed by atoms with van der Waals surface area (Å²) >= 11 is 5.99. The molecule has 0 aliphatic carbocycles. The molecular formula is C14H15ClN6O. The average molecular weight is 319 g/mol. The lowest BCUT2D eigenvalue weighted by molar-refractivity contribution is 0.276. The van der Waals surface area contributed by atoms with Gasteiger partial charge in [-0.25, -0.2) is 4.68 Å². The van der Waals surface area contributed by atoms with Crippen molar-refractivity contribution in [1.29, 1.82) is 0 Å². The number of benzene rings is 1. The van der Waals surface area contributed by atoms with Crippen LogP contribution in [0.4, 0.5) is 5.82 Å². The molecule has 0 aliphatic rings. The van der Waals surface area contributed by atoms with Crippen LogP contribution < -0.4 is 5.32 Å². The van der Waals surface area contributed by atoms with Gasteiger partial charge in [-0.3, -0.25) is 0 Å². The summed E-state index contributed by atoms with van der Waals surface area (Å²) in [5, 5.41) is 21.0. The van der Waals surface area contributed by atoms with E-state index < -0.39 is 0 Å². The van der Waals surface area contributed by atoms with Gasteiger partial charge in [0.05, 0.1) is 12.6 Å². The number of halogens is 1. The summed E-state index contributed by atoms with van der Waals surface area (Å²) in [4.78, 5) is 8.34. The molecule has 7 nitrogen and oxygen atoms in total. The molecule has 22 heavy (non-hydrogen) atoms. The predicted molar refractivity (Wildman–Crippen MR) is 83.7 cm³/mol. The molecule has 1 aromatic carbocycles. The predicted octanol–water partition coefficient (Wildman–Crippen LogP) is 2.04. The number of aryl methyl sites for hydroxylation is 1. The van der Waals surface area contributed by atoms with E-state index in [1.807, 2.05) is 37.3 Å². The minimum atomic E-state index is -0.317. The maximum absolute atomic E-state index is 9.65. The minimum absolute atomic E-state index is 0.0883. The Morgan fingerprint density at radius 3 is 2.73 bits per heavy atom. The van der Waals surface area contributed by atoms with Crippen LogP contribution in [-0.4, -0.2) is 36.7 Å². The van der Waals surface area contributed by atoms with Gasteiger partial charge in [-0.1, -0.05) is 35.5 Å². The smallest absolute Gasteiger partial charge is 0.226 e. The summed E-state index contributed by atoms with van der Waals surface area (Å²) in [5.74, 6) is 0.456. The highest BCUT2D eigenvalue weighted by molar-refractivity contribution is 6.28. The highest BCUT2D eigenvalue weighted by Crippen LogP contribution is 2.24. The normalized spacial score (nSPS) is 12.5. The Bertz CT molecular complexity index is 776. The van der Waals surface area contributed by atoms with Crippen LogP contribution in [0.15, 0.2) is 30.3 Å². The van der Waals surface area contributed by atoms with Crippen molar-refractivity contribution in [2.75, 3.05) is 11.9 Å². The summed E-state index contributed by atoms with van der Waals surface area (Å²) in [7, 11) is 0. The molecule has 1 atom stereocenters. The Labute approximate surface area is 132 Å². The zero-order valence-electron chi connectivity index (χ0n) is 11.9. The summed E-state index contributed by atoms with van der Waals surface area (Å²) in [6, 6.07) is 9.28. The van der Waals surface area contributed by atoms with Crippen molar-refractivity contribution in [1.82, 2.24) is 25.0 Å². The highest BCUT2D eigenvalue weighted by Gasteiger charge is 2.17. The van der Waals surface area contributed by atoms with Gasteiger partial charge < -0.3 is 10.4 Å². The lowest BCUT2D eigenvalue weighted by atomic mass is 10.1. The van der Waals surface area contributed by atoms with Crippen LogP contribution in [0.2, 0.25) is 5.28 Å². The van der Waals surface area contributed by atoms with Gasteiger partial charge in [-0.2, -0.15) is 9.97 Å². The van der Waals surface area contributed by atoms with Gasteiger partial charge in [0.1, 0.15) is 0 Å². The zero-order chi connectivity index (χ0) is 15.5. The lowest BCUT2D eigenvalue weighted by Crippen LogP contribution is -2.16. The Kier molecular flexibility index (Phi) is 4.17. The first-order valence-corrected chi connectivity index (χ1v) is 7.29. The van der Waals surface area contributed by atoms with E-state index >= 15 is 0 Å². The standard InChI is InChI=1S/C14H15ClN6O/c1-2-21-13-11(19-20-21)12(17-14(15)18-13)16-10(8-22)9-6-4-3-5-7-9/h3-7,10,22H,2,8H2,1H3,(H,16,17,18)/t10-/m1/s1. The van der Waals surface area contributed by atoms with E-state index in [0.717, 1.165) is 5.56 Å². The number of hydrogen-bond donors (Lipinski definition) is 2. The quantitative estimate of drug-likeness (QED) is 0.700. The Balaban J connectivity index is 2.01. The number of nitrogens with zero attached hydrogens (tertiary/aromatic N) is 5. The van der Waals surface area contributed by atoms with Gasteiger partial charge in [0.25, 0.3) is 0 Å². The molecule has 0 radical (unpaired) electrons. The molecule has 0 spiro atoms. The topological polar surface area (TPSA) is 88.8 Å². The fraction of sp³-hybridized carbons (Fsp3) is 0.286. The van der Waals surface area contributed by atoms with Crippen molar-refractivity contribution in [3.05, 3.63) is 41.2 Å². The van der Waals surface area contributed by atoms with Gasteiger partial charge in [0.2, 0.25) is 5.28 Å². The second-order valence-corrected chi connectivity index (χ2v) is 5.05. The van der Waals surface area contributed by atoms with Crippen LogP contribution in [0, 0.1) is 0 Å². The summed E-state index contributed by atoms with van der Waals surface area (Å²) in [6.45, 7) is 2.48. The number of rotatable bonds is 5. The van der Waals surface area contributed by atoms with Gasteiger partial charge in [-0.15, -0.1) is 5.10 Å². The second kappa shape index (κ2) is 6.25. The van der Waals surface area contributed by atoms with Crippen LogP contribution >= 0.6 is 11.6 Å². The first-order valence-electron chi connectivity index (χ1n) is 6.92. The molecule has 2 aromatic heterocycles. The molecular weight excluding hydrogens is 304 g/mol. The van der Waals surface area contributed by atoms with Crippen molar-refractivity contribution in [2.45, 2.75) is 19.5 Å². The Morgan fingerprint density at radius 2 is 2.05 bits per heavy atom. The molecule has 0 bridgehead atoms. The molecule has 8 heteroatoms. The van der Waals surface area contributed by atoms with Gasteiger partial charge in [-0.05, 0) is 24.1 Å². The molecule has 3 rings (SSSR count). The first-order chi connectivity index (χ1) is 10.7. The van der Waals surface area contributed by atoms with E-state index in [1.54, 1.807) is 4.68 Å². The maximum Gasteiger partial charge on any atom is 0.226 e. The average Bonchev–Trinajstić information content (AvgIpc) is 2.96. The molecule has 0 fully saturated rings. The molecule has 0 unspecified atom stereocenters. The Morgan fingerprint density at radius 1 is 1.27 bits per heavy atom. The zero-order valence-corrected chi connectivity index (χ0v) is 12.7. The molecule has 0 saturated heterocycles. The van der Waals surface area contributed by atoms with Crippen LogP contribution in [0.3, 0.4) is 0 Å². The number of aliphatic hydroxyl groups excluding tert-OH is 1. The van der Waals surface area contributed by atoms with Crippen molar-refractivity contribution in [3.8, 4) is 0 Å². The fourth-order valence-electron chi connectivity index (χ4n) is 2.23. The van der Waals surface area contributed by atoms with Crippen molar-refractivity contribution in [3.63, 3.8) is 0 Å². The number of anilines is 1. The largest absolute Gasteiger partial charge is 0.394 e. The number of hydrogen-bond acceptors (Lipinski definition) is 6. The summed E-state index contributed by atoms with van der Waals surface area (Å²) in [6.07, 6.45) is 0. The third-order valence-corrected chi connectivity index (χ3v) is 3.50. The summed E-state index contributed by atoms with van der Waals surface area (Å²) < 4.78 is 1.64. The van der Waals surface area contributed by atoms with Crippen molar-refractivity contribution >= 4 is 28.6 Å². The molecule has 0 aliphatic heterocycles. The van der Waals surface area contributed by atoms with Crippen LogP contribution in [0.25, 0.3) is 11.2 Å². The maximum atomic E-state index is 9.65. The molecule has 0 saturated carbocycles. The van der Waals surface area contributed by atoms with Crippen LogP contribution in [0.1, 0.15) is 18.5 Å². The van der Waals surface area contributed by atoms with Crippen LogP contribution in [0.5, 0.6) is 0 Å². The molecule has 3 aromatic rings. The Hall–Kier alpha value is -2.25. The van der Waals surface area contributed by atoms with E-state index in [9.17, 15) is 5.11 Å². The van der Waals surface area contributed by atoms with Gasteiger partial charge in [0, 0.05) is 6.54 Å². The second-order valence-electron chi connectivity index (χ2n) is 4.71. The molecule has 114 valence electrons. The number of aromatic nitrogens is 5. The van der Waals surface area contributed by atoms with Gasteiger partial charge in [0.15, 0.2) is 17.0 Å².